The van der Waals surface area contributed by atoms with Gasteiger partial charge in [-0.1, -0.05) is 44.2 Å². The Hall–Kier alpha value is -0.860. The summed E-state index contributed by atoms with van der Waals surface area (Å²) in [7, 11) is 0. The second-order valence-electron chi connectivity index (χ2n) is 5.03. The van der Waals surface area contributed by atoms with Crippen LogP contribution in [-0.2, 0) is 11.2 Å². The third-order valence-electron chi connectivity index (χ3n) is 2.75. The number of rotatable bonds is 2. The highest BCUT2D eigenvalue weighted by Gasteiger charge is 2.26. The maximum Gasteiger partial charge on any atom is 0.112 e. The Morgan fingerprint density at radius 3 is 2.67 bits per heavy atom. The lowest BCUT2D eigenvalue weighted by Crippen LogP contribution is -2.48. The van der Waals surface area contributed by atoms with Gasteiger partial charge >= 0.3 is 0 Å². The van der Waals surface area contributed by atoms with Gasteiger partial charge < -0.3 is 4.74 Å². The van der Waals surface area contributed by atoms with E-state index >= 15 is 0 Å². The topological polar surface area (TPSA) is 21.3 Å². The average molecular weight is 205 g/mol. The molecule has 2 nitrogen and oxygen atoms in total. The highest BCUT2D eigenvalue weighted by atomic mass is 16.5. The SMILES string of the molecule is CC1(C)CNC(Cc2ccccc2)OC1. The van der Waals surface area contributed by atoms with Crippen LogP contribution in [0.2, 0.25) is 0 Å². The van der Waals surface area contributed by atoms with Crippen molar-refractivity contribution in [2.45, 2.75) is 26.5 Å². The molecule has 0 radical (unpaired) electrons. The molecule has 0 aromatic heterocycles. The summed E-state index contributed by atoms with van der Waals surface area (Å²) in [6.45, 7) is 6.32. The molecule has 1 aliphatic heterocycles. The summed E-state index contributed by atoms with van der Waals surface area (Å²) < 4.78 is 5.79. The van der Waals surface area contributed by atoms with Gasteiger partial charge in [0.1, 0.15) is 6.23 Å². The van der Waals surface area contributed by atoms with Gasteiger partial charge in [-0.05, 0) is 5.56 Å². The monoisotopic (exact) mass is 205 g/mol. The van der Waals surface area contributed by atoms with E-state index in [1.54, 1.807) is 0 Å². The fraction of sp³-hybridized carbons (Fsp3) is 0.538. The number of nitrogens with one attached hydrogen (secondary N) is 1. The van der Waals surface area contributed by atoms with Crippen molar-refractivity contribution in [1.29, 1.82) is 0 Å². The predicted octanol–water partition coefficient (Wildman–Crippen LogP) is 2.20. The van der Waals surface area contributed by atoms with Crippen molar-refractivity contribution in [2.24, 2.45) is 5.41 Å². The van der Waals surface area contributed by atoms with E-state index in [4.69, 9.17) is 4.74 Å². The largest absolute Gasteiger partial charge is 0.362 e. The highest BCUT2D eigenvalue weighted by molar-refractivity contribution is 5.15. The smallest absolute Gasteiger partial charge is 0.112 e. The molecule has 2 heteroatoms. The van der Waals surface area contributed by atoms with E-state index in [1.165, 1.54) is 5.56 Å². The number of hydrogen-bond acceptors (Lipinski definition) is 2. The van der Waals surface area contributed by atoms with Crippen LogP contribution in [0.4, 0.5) is 0 Å². The zero-order valence-corrected chi connectivity index (χ0v) is 9.49. The summed E-state index contributed by atoms with van der Waals surface area (Å²) in [6.07, 6.45) is 1.14. The molecule has 0 aliphatic carbocycles. The maximum absolute atomic E-state index is 5.79. The molecular formula is C13H19NO. The van der Waals surface area contributed by atoms with Crippen molar-refractivity contribution in [3.05, 3.63) is 35.9 Å². The number of benzene rings is 1. The van der Waals surface area contributed by atoms with E-state index in [0.29, 0.717) is 0 Å². The standard InChI is InChI=1S/C13H19NO/c1-13(2)9-14-12(15-10-13)8-11-6-4-3-5-7-11/h3-7,12,14H,8-10H2,1-2H3. The van der Waals surface area contributed by atoms with Gasteiger partial charge in [0.05, 0.1) is 6.61 Å². The minimum absolute atomic E-state index is 0.181. The van der Waals surface area contributed by atoms with Gasteiger partial charge in [0.2, 0.25) is 0 Å². The Bertz CT molecular complexity index is 298. The second kappa shape index (κ2) is 4.33. The third kappa shape index (κ3) is 3.05. The van der Waals surface area contributed by atoms with Crippen LogP contribution in [0.15, 0.2) is 30.3 Å². The van der Waals surface area contributed by atoms with Crippen LogP contribution < -0.4 is 5.32 Å². The Kier molecular flexibility index (Phi) is 3.08. The van der Waals surface area contributed by atoms with Gasteiger partial charge in [-0.15, -0.1) is 0 Å². The van der Waals surface area contributed by atoms with Gasteiger partial charge in [0, 0.05) is 18.4 Å². The summed E-state index contributed by atoms with van der Waals surface area (Å²) in [5, 5.41) is 3.44. The minimum atomic E-state index is 0.181. The average Bonchev–Trinajstić information content (AvgIpc) is 2.23. The first-order valence-corrected chi connectivity index (χ1v) is 5.55. The van der Waals surface area contributed by atoms with E-state index in [2.05, 4.69) is 43.4 Å². The second-order valence-corrected chi connectivity index (χ2v) is 5.03. The van der Waals surface area contributed by atoms with Gasteiger partial charge in [-0.25, -0.2) is 0 Å². The molecule has 1 atom stereocenters. The molecule has 0 amide bonds. The highest BCUT2D eigenvalue weighted by Crippen LogP contribution is 2.20. The summed E-state index contributed by atoms with van der Waals surface area (Å²) in [5.74, 6) is 0. The molecule has 1 fully saturated rings. The lowest BCUT2D eigenvalue weighted by molar-refractivity contribution is -0.0566. The number of ether oxygens (including phenoxy) is 1. The fourth-order valence-electron chi connectivity index (χ4n) is 1.79. The van der Waals surface area contributed by atoms with Crippen molar-refractivity contribution in [3.63, 3.8) is 0 Å². The maximum atomic E-state index is 5.79. The molecule has 82 valence electrons. The van der Waals surface area contributed by atoms with Gasteiger partial charge in [-0.2, -0.15) is 0 Å². The van der Waals surface area contributed by atoms with Crippen LogP contribution in [0.3, 0.4) is 0 Å². The van der Waals surface area contributed by atoms with Gasteiger partial charge in [0.15, 0.2) is 0 Å². The predicted molar refractivity (Wildman–Crippen MR) is 61.7 cm³/mol. The molecule has 0 spiro atoms. The molecule has 0 bridgehead atoms. The van der Waals surface area contributed by atoms with Crippen LogP contribution in [0, 0.1) is 5.41 Å². The minimum Gasteiger partial charge on any atom is -0.362 e. The lowest BCUT2D eigenvalue weighted by Gasteiger charge is -2.35. The Labute approximate surface area is 91.6 Å². The fourth-order valence-corrected chi connectivity index (χ4v) is 1.79. The molecule has 2 rings (SSSR count). The summed E-state index contributed by atoms with van der Waals surface area (Å²) in [4.78, 5) is 0. The summed E-state index contributed by atoms with van der Waals surface area (Å²) in [6, 6.07) is 10.5. The molecular weight excluding hydrogens is 186 g/mol. The molecule has 1 aliphatic rings. The van der Waals surface area contributed by atoms with Crippen molar-refractivity contribution >= 4 is 0 Å². The molecule has 1 aromatic rings. The molecule has 1 unspecified atom stereocenters. The van der Waals surface area contributed by atoms with Crippen LogP contribution in [0.5, 0.6) is 0 Å². The van der Waals surface area contributed by atoms with E-state index in [1.807, 2.05) is 6.07 Å². The number of hydrogen-bond donors (Lipinski definition) is 1. The first kappa shape index (κ1) is 10.7. The zero-order chi connectivity index (χ0) is 10.7. The van der Waals surface area contributed by atoms with Crippen LogP contribution >= 0.6 is 0 Å². The van der Waals surface area contributed by atoms with Crippen molar-refractivity contribution < 1.29 is 4.74 Å². The molecule has 1 N–H and O–H groups in total. The van der Waals surface area contributed by atoms with Crippen molar-refractivity contribution in [2.75, 3.05) is 13.2 Å². The molecule has 1 aromatic carbocycles. The normalized spacial score (nSPS) is 25.1. The first-order valence-electron chi connectivity index (χ1n) is 5.55. The summed E-state index contributed by atoms with van der Waals surface area (Å²) in [5.41, 5.74) is 1.60. The van der Waals surface area contributed by atoms with Crippen molar-refractivity contribution in [3.8, 4) is 0 Å². The summed E-state index contributed by atoms with van der Waals surface area (Å²) >= 11 is 0. The van der Waals surface area contributed by atoms with Crippen molar-refractivity contribution in [1.82, 2.24) is 5.32 Å². The molecule has 15 heavy (non-hydrogen) atoms. The van der Waals surface area contributed by atoms with E-state index < -0.39 is 0 Å². The van der Waals surface area contributed by atoms with Crippen LogP contribution in [0.25, 0.3) is 0 Å². The first-order chi connectivity index (χ1) is 7.16. The quantitative estimate of drug-likeness (QED) is 0.799. The Morgan fingerprint density at radius 1 is 1.33 bits per heavy atom. The lowest BCUT2D eigenvalue weighted by atomic mass is 9.93. The van der Waals surface area contributed by atoms with E-state index in [-0.39, 0.29) is 11.6 Å². The third-order valence-corrected chi connectivity index (χ3v) is 2.75. The zero-order valence-electron chi connectivity index (χ0n) is 9.49. The van der Waals surface area contributed by atoms with Crippen LogP contribution in [-0.4, -0.2) is 19.4 Å². The van der Waals surface area contributed by atoms with Gasteiger partial charge in [0.25, 0.3) is 0 Å². The van der Waals surface area contributed by atoms with Crippen LogP contribution in [0.1, 0.15) is 19.4 Å². The van der Waals surface area contributed by atoms with E-state index in [9.17, 15) is 0 Å². The molecule has 0 saturated carbocycles. The molecule has 1 saturated heterocycles. The Balaban J connectivity index is 1.88. The molecule has 1 heterocycles. The Morgan fingerprint density at radius 2 is 2.07 bits per heavy atom. The van der Waals surface area contributed by atoms with Gasteiger partial charge in [-0.3, -0.25) is 5.32 Å². The van der Waals surface area contributed by atoms with E-state index in [0.717, 1.165) is 19.6 Å².